The highest BCUT2D eigenvalue weighted by Gasteiger charge is 2.09. The van der Waals surface area contributed by atoms with Crippen molar-refractivity contribution in [3.8, 4) is 11.5 Å². The average Bonchev–Trinajstić information content (AvgIpc) is 2.78. The highest BCUT2D eigenvalue weighted by molar-refractivity contribution is 7.99. The standard InChI is InChI=1S/C24H26O6S/c1-5-23(25)29-17(3)15-27-19-7-11-21(12-8-19)31-22-13-9-20(10-14-22)28-16-18(4)30-24(26)6-2/h5-14,17-18H,1-2,15-16H2,3-4H3. The fourth-order valence-electron chi connectivity index (χ4n) is 2.33. The van der Waals surface area contributed by atoms with E-state index in [-0.39, 0.29) is 25.4 Å². The summed E-state index contributed by atoms with van der Waals surface area (Å²) in [7, 11) is 0. The normalized spacial score (nSPS) is 12.2. The number of hydrogen-bond acceptors (Lipinski definition) is 7. The molecule has 7 heteroatoms. The molecular formula is C24H26O6S. The lowest BCUT2D eigenvalue weighted by atomic mass is 10.3. The van der Waals surface area contributed by atoms with Gasteiger partial charge in [0, 0.05) is 21.9 Å². The summed E-state index contributed by atoms with van der Waals surface area (Å²) in [5, 5.41) is 0. The van der Waals surface area contributed by atoms with E-state index in [9.17, 15) is 9.59 Å². The number of rotatable bonds is 12. The summed E-state index contributed by atoms with van der Waals surface area (Å²) in [6.07, 6.45) is 1.53. The molecule has 0 aliphatic rings. The Morgan fingerprint density at radius 2 is 1.13 bits per heavy atom. The van der Waals surface area contributed by atoms with E-state index < -0.39 is 11.9 Å². The average molecular weight is 443 g/mol. The Kier molecular flexibility index (Phi) is 9.71. The zero-order chi connectivity index (χ0) is 22.6. The van der Waals surface area contributed by atoms with Crippen LogP contribution in [0.15, 0.2) is 83.6 Å². The van der Waals surface area contributed by atoms with Crippen LogP contribution in [0, 0.1) is 0 Å². The molecule has 0 spiro atoms. The second kappa shape index (κ2) is 12.5. The Hall–Kier alpha value is -3.19. The molecule has 0 bridgehead atoms. The molecule has 0 radical (unpaired) electrons. The monoisotopic (exact) mass is 442 g/mol. The molecule has 0 fully saturated rings. The lowest BCUT2D eigenvalue weighted by Gasteiger charge is -2.14. The maximum Gasteiger partial charge on any atom is 0.330 e. The summed E-state index contributed by atoms with van der Waals surface area (Å²) >= 11 is 1.60. The van der Waals surface area contributed by atoms with Gasteiger partial charge in [-0.15, -0.1) is 0 Å². The fourth-order valence-corrected chi connectivity index (χ4v) is 3.15. The van der Waals surface area contributed by atoms with Crippen LogP contribution in [0.5, 0.6) is 11.5 Å². The summed E-state index contributed by atoms with van der Waals surface area (Å²) in [4.78, 5) is 24.4. The fraction of sp³-hybridized carbons (Fsp3) is 0.250. The van der Waals surface area contributed by atoms with Crippen molar-refractivity contribution >= 4 is 23.7 Å². The molecule has 0 aliphatic heterocycles. The first-order valence-electron chi connectivity index (χ1n) is 9.69. The summed E-state index contributed by atoms with van der Waals surface area (Å²) in [5.41, 5.74) is 0. The van der Waals surface area contributed by atoms with Crippen LogP contribution < -0.4 is 9.47 Å². The van der Waals surface area contributed by atoms with Crippen LogP contribution >= 0.6 is 11.8 Å². The number of carbonyl (C=O) groups excluding carboxylic acids is 2. The van der Waals surface area contributed by atoms with Gasteiger partial charge in [0.2, 0.25) is 0 Å². The van der Waals surface area contributed by atoms with E-state index in [0.29, 0.717) is 11.5 Å². The van der Waals surface area contributed by atoms with Crippen molar-refractivity contribution in [1.29, 1.82) is 0 Å². The molecule has 2 atom stereocenters. The Labute approximate surface area is 186 Å². The molecule has 31 heavy (non-hydrogen) atoms. The predicted molar refractivity (Wildman–Crippen MR) is 119 cm³/mol. The van der Waals surface area contributed by atoms with E-state index in [1.54, 1.807) is 25.6 Å². The van der Waals surface area contributed by atoms with Crippen LogP contribution in [0.3, 0.4) is 0 Å². The molecule has 0 saturated heterocycles. The quantitative estimate of drug-likeness (QED) is 0.344. The van der Waals surface area contributed by atoms with Gasteiger partial charge in [0.05, 0.1) is 0 Å². The van der Waals surface area contributed by atoms with Crippen LogP contribution in [-0.2, 0) is 19.1 Å². The predicted octanol–water partition coefficient (Wildman–Crippen LogP) is 4.83. The third-order valence-corrected chi connectivity index (χ3v) is 4.84. The molecule has 0 amide bonds. The molecule has 0 aromatic heterocycles. The van der Waals surface area contributed by atoms with Gasteiger partial charge in [0.15, 0.2) is 0 Å². The molecule has 2 rings (SSSR count). The Morgan fingerprint density at radius 3 is 1.45 bits per heavy atom. The Bertz CT molecular complexity index is 802. The second-order valence-corrected chi connectivity index (χ2v) is 7.72. The largest absolute Gasteiger partial charge is 0.490 e. The molecule has 6 nitrogen and oxygen atoms in total. The first-order chi connectivity index (χ1) is 14.9. The van der Waals surface area contributed by atoms with Gasteiger partial charge >= 0.3 is 11.9 Å². The van der Waals surface area contributed by atoms with Crippen molar-refractivity contribution in [1.82, 2.24) is 0 Å². The van der Waals surface area contributed by atoms with Crippen molar-refractivity contribution in [2.24, 2.45) is 0 Å². The molecular weight excluding hydrogens is 416 g/mol. The lowest BCUT2D eigenvalue weighted by Crippen LogP contribution is -2.20. The van der Waals surface area contributed by atoms with Crippen molar-refractivity contribution in [2.75, 3.05) is 13.2 Å². The molecule has 0 heterocycles. The maximum absolute atomic E-state index is 11.2. The molecule has 2 aromatic rings. The summed E-state index contributed by atoms with van der Waals surface area (Å²) in [6, 6.07) is 15.3. The number of esters is 2. The first-order valence-corrected chi connectivity index (χ1v) is 10.5. The minimum Gasteiger partial charge on any atom is -0.490 e. The minimum absolute atomic E-state index is 0.263. The van der Waals surface area contributed by atoms with Gasteiger partial charge in [-0.25, -0.2) is 9.59 Å². The molecule has 164 valence electrons. The Morgan fingerprint density at radius 1 is 0.774 bits per heavy atom. The highest BCUT2D eigenvalue weighted by atomic mass is 32.2. The number of carbonyl (C=O) groups is 2. The van der Waals surface area contributed by atoms with Crippen LogP contribution in [0.25, 0.3) is 0 Å². The van der Waals surface area contributed by atoms with E-state index in [0.717, 1.165) is 21.9 Å². The van der Waals surface area contributed by atoms with E-state index in [4.69, 9.17) is 18.9 Å². The van der Waals surface area contributed by atoms with Crippen molar-refractivity contribution in [2.45, 2.75) is 35.8 Å². The van der Waals surface area contributed by atoms with Crippen molar-refractivity contribution in [3.05, 3.63) is 73.8 Å². The topological polar surface area (TPSA) is 71.1 Å². The number of ether oxygens (including phenoxy) is 4. The third-order valence-electron chi connectivity index (χ3n) is 3.82. The van der Waals surface area contributed by atoms with E-state index in [1.165, 1.54) is 0 Å². The van der Waals surface area contributed by atoms with E-state index >= 15 is 0 Å². The molecule has 0 saturated carbocycles. The maximum atomic E-state index is 11.2. The van der Waals surface area contributed by atoms with Crippen LogP contribution in [0.2, 0.25) is 0 Å². The van der Waals surface area contributed by atoms with Crippen molar-refractivity contribution in [3.63, 3.8) is 0 Å². The zero-order valence-electron chi connectivity index (χ0n) is 17.6. The molecule has 0 N–H and O–H groups in total. The van der Waals surface area contributed by atoms with Crippen LogP contribution in [0.1, 0.15) is 13.8 Å². The van der Waals surface area contributed by atoms with Crippen molar-refractivity contribution < 1.29 is 28.5 Å². The van der Waals surface area contributed by atoms with Gasteiger partial charge in [0.1, 0.15) is 36.9 Å². The first kappa shape index (κ1) is 24.1. The number of hydrogen-bond donors (Lipinski definition) is 0. The van der Waals surface area contributed by atoms with E-state index in [1.807, 2.05) is 48.5 Å². The Balaban J connectivity index is 1.79. The van der Waals surface area contributed by atoms with Gasteiger partial charge < -0.3 is 18.9 Å². The SMILES string of the molecule is C=CC(=O)OC(C)COc1ccc(Sc2ccc(OCC(C)OC(=O)C=C)cc2)cc1. The van der Waals surface area contributed by atoms with E-state index in [2.05, 4.69) is 13.2 Å². The van der Waals surface area contributed by atoms with Gasteiger partial charge in [-0.3, -0.25) is 0 Å². The highest BCUT2D eigenvalue weighted by Crippen LogP contribution is 2.30. The molecule has 0 aliphatic carbocycles. The third kappa shape index (κ3) is 9.00. The number of benzene rings is 2. The second-order valence-electron chi connectivity index (χ2n) is 6.57. The summed E-state index contributed by atoms with van der Waals surface area (Å²) in [5.74, 6) is 0.455. The summed E-state index contributed by atoms with van der Waals surface area (Å²) in [6.45, 7) is 10.8. The van der Waals surface area contributed by atoms with Gasteiger partial charge in [-0.2, -0.15) is 0 Å². The summed E-state index contributed by atoms with van der Waals surface area (Å²) < 4.78 is 21.4. The van der Waals surface area contributed by atoms with Gasteiger partial charge in [0.25, 0.3) is 0 Å². The zero-order valence-corrected chi connectivity index (χ0v) is 18.4. The van der Waals surface area contributed by atoms with Gasteiger partial charge in [-0.1, -0.05) is 24.9 Å². The lowest BCUT2D eigenvalue weighted by molar-refractivity contribution is -0.144. The minimum atomic E-state index is -0.468. The van der Waals surface area contributed by atoms with Crippen LogP contribution in [0.4, 0.5) is 0 Å². The molecule has 2 aromatic carbocycles. The van der Waals surface area contributed by atoms with Gasteiger partial charge in [-0.05, 0) is 62.4 Å². The molecule has 2 unspecified atom stereocenters. The smallest absolute Gasteiger partial charge is 0.330 e. The van der Waals surface area contributed by atoms with Crippen LogP contribution in [-0.4, -0.2) is 37.4 Å².